The van der Waals surface area contributed by atoms with Crippen molar-refractivity contribution in [2.24, 2.45) is 0 Å². The fourth-order valence-electron chi connectivity index (χ4n) is 2.20. The molecule has 0 spiro atoms. The summed E-state index contributed by atoms with van der Waals surface area (Å²) >= 11 is 0. The lowest BCUT2D eigenvalue weighted by molar-refractivity contribution is 0.00578. The van der Waals surface area contributed by atoms with Crippen molar-refractivity contribution in [3.05, 3.63) is 23.8 Å². The number of benzene rings is 1. The van der Waals surface area contributed by atoms with E-state index >= 15 is 0 Å². The first-order valence-electron chi connectivity index (χ1n) is 6.97. The van der Waals surface area contributed by atoms with Gasteiger partial charge in [-0.15, -0.1) is 0 Å². The van der Waals surface area contributed by atoms with Crippen molar-refractivity contribution in [1.82, 2.24) is 0 Å². The summed E-state index contributed by atoms with van der Waals surface area (Å²) in [5.74, 6) is 0. The van der Waals surface area contributed by atoms with Crippen molar-refractivity contribution in [3.63, 3.8) is 0 Å². The van der Waals surface area contributed by atoms with E-state index in [9.17, 15) is 0 Å². The van der Waals surface area contributed by atoms with Gasteiger partial charge in [0.15, 0.2) is 0 Å². The van der Waals surface area contributed by atoms with E-state index in [1.54, 1.807) is 0 Å². The molecule has 0 saturated carbocycles. The lowest BCUT2D eigenvalue weighted by Crippen LogP contribution is -2.41. The highest BCUT2D eigenvalue weighted by Gasteiger charge is 2.51. The van der Waals surface area contributed by atoms with Crippen LogP contribution in [-0.2, 0) is 9.31 Å². The number of rotatable bonds is 3. The second kappa shape index (κ2) is 4.84. The van der Waals surface area contributed by atoms with E-state index in [2.05, 4.69) is 65.1 Å². The second-order valence-electron chi connectivity index (χ2n) is 6.19. The first-order chi connectivity index (χ1) is 8.77. The van der Waals surface area contributed by atoms with Crippen LogP contribution in [0.2, 0.25) is 0 Å². The Bertz CT molecular complexity index is 455. The molecule has 1 heterocycles. The highest BCUT2D eigenvalue weighted by Crippen LogP contribution is 2.36. The molecule has 0 bridgehead atoms. The Morgan fingerprint density at radius 3 is 2.16 bits per heavy atom. The Morgan fingerprint density at radius 2 is 1.68 bits per heavy atom. The molecule has 1 aliphatic heterocycles. The topological polar surface area (TPSA) is 30.5 Å². The summed E-state index contributed by atoms with van der Waals surface area (Å²) in [4.78, 5) is 0. The van der Waals surface area contributed by atoms with Crippen molar-refractivity contribution in [2.45, 2.75) is 52.7 Å². The van der Waals surface area contributed by atoms with Gasteiger partial charge in [0.05, 0.1) is 11.2 Å². The molecule has 0 radical (unpaired) electrons. The molecule has 1 fully saturated rings. The molecule has 2 rings (SSSR count). The van der Waals surface area contributed by atoms with E-state index < -0.39 is 0 Å². The third-order valence-corrected chi connectivity index (χ3v) is 4.14. The largest absolute Gasteiger partial charge is 0.494 e. The molecular formula is C15H24BNO2. The van der Waals surface area contributed by atoms with Crippen molar-refractivity contribution < 1.29 is 9.31 Å². The molecule has 3 nitrogen and oxygen atoms in total. The highest BCUT2D eigenvalue weighted by atomic mass is 16.7. The number of nitrogens with one attached hydrogen (secondary N) is 1. The summed E-state index contributed by atoms with van der Waals surface area (Å²) in [6, 6.07) is 6.31. The lowest BCUT2D eigenvalue weighted by Gasteiger charge is -2.32. The Morgan fingerprint density at radius 1 is 1.11 bits per heavy atom. The van der Waals surface area contributed by atoms with Gasteiger partial charge in [0.25, 0.3) is 0 Å². The van der Waals surface area contributed by atoms with Gasteiger partial charge in [0.1, 0.15) is 0 Å². The maximum atomic E-state index is 6.06. The van der Waals surface area contributed by atoms with Crippen LogP contribution in [0.15, 0.2) is 18.2 Å². The zero-order valence-corrected chi connectivity index (χ0v) is 12.8. The summed E-state index contributed by atoms with van der Waals surface area (Å²) in [7, 11) is -0.278. The molecule has 1 saturated heterocycles. The van der Waals surface area contributed by atoms with Gasteiger partial charge in [0, 0.05) is 12.2 Å². The Balaban J connectivity index is 2.23. The van der Waals surface area contributed by atoms with Crippen LogP contribution in [0.25, 0.3) is 0 Å². The van der Waals surface area contributed by atoms with Crippen LogP contribution in [0.4, 0.5) is 5.69 Å². The SMILES string of the molecule is CCNc1ccc(B2OC(C)(C)C(C)(C)O2)cc1C. The fraction of sp³-hybridized carbons (Fsp3) is 0.600. The van der Waals surface area contributed by atoms with Gasteiger partial charge in [-0.25, -0.2) is 0 Å². The van der Waals surface area contributed by atoms with Crippen molar-refractivity contribution in [2.75, 3.05) is 11.9 Å². The average molecular weight is 261 g/mol. The summed E-state index contributed by atoms with van der Waals surface area (Å²) in [6.07, 6.45) is 0. The third kappa shape index (κ3) is 2.65. The predicted molar refractivity (Wildman–Crippen MR) is 81.1 cm³/mol. The normalized spacial score (nSPS) is 20.6. The van der Waals surface area contributed by atoms with E-state index in [-0.39, 0.29) is 18.3 Å². The minimum Gasteiger partial charge on any atom is -0.399 e. The van der Waals surface area contributed by atoms with Gasteiger partial charge < -0.3 is 14.6 Å². The van der Waals surface area contributed by atoms with Gasteiger partial charge in [-0.05, 0) is 58.6 Å². The van der Waals surface area contributed by atoms with Crippen LogP contribution in [0.3, 0.4) is 0 Å². The lowest BCUT2D eigenvalue weighted by atomic mass is 9.78. The Labute approximate surface area is 116 Å². The maximum absolute atomic E-state index is 6.06. The molecule has 104 valence electrons. The number of hydrogen-bond donors (Lipinski definition) is 1. The van der Waals surface area contributed by atoms with Crippen LogP contribution >= 0.6 is 0 Å². The molecule has 1 aromatic rings. The Hall–Kier alpha value is -0.995. The number of aryl methyl sites for hydroxylation is 1. The molecule has 19 heavy (non-hydrogen) atoms. The second-order valence-corrected chi connectivity index (χ2v) is 6.19. The van der Waals surface area contributed by atoms with E-state index in [0.717, 1.165) is 12.0 Å². The quantitative estimate of drug-likeness (QED) is 0.848. The van der Waals surface area contributed by atoms with Crippen LogP contribution < -0.4 is 10.8 Å². The first kappa shape index (κ1) is 14.4. The molecule has 1 aliphatic rings. The van der Waals surface area contributed by atoms with Crippen molar-refractivity contribution >= 4 is 18.3 Å². The van der Waals surface area contributed by atoms with E-state index in [0.29, 0.717) is 0 Å². The summed E-state index contributed by atoms with van der Waals surface area (Å²) in [5, 5.41) is 3.34. The molecule has 0 aliphatic carbocycles. The van der Waals surface area contributed by atoms with Gasteiger partial charge >= 0.3 is 7.12 Å². The van der Waals surface area contributed by atoms with Crippen molar-refractivity contribution in [3.8, 4) is 0 Å². The molecule has 1 N–H and O–H groups in total. The van der Waals surface area contributed by atoms with Crippen LogP contribution in [0.1, 0.15) is 40.2 Å². The third-order valence-electron chi connectivity index (χ3n) is 4.14. The molecule has 0 unspecified atom stereocenters. The minimum absolute atomic E-state index is 0.278. The molecule has 0 amide bonds. The van der Waals surface area contributed by atoms with Crippen LogP contribution in [0.5, 0.6) is 0 Å². The van der Waals surface area contributed by atoms with Gasteiger partial charge in [-0.1, -0.05) is 12.1 Å². The monoisotopic (exact) mass is 261 g/mol. The first-order valence-corrected chi connectivity index (χ1v) is 6.97. The van der Waals surface area contributed by atoms with E-state index in [4.69, 9.17) is 9.31 Å². The molecule has 4 heteroatoms. The minimum atomic E-state index is -0.286. The van der Waals surface area contributed by atoms with E-state index in [1.807, 2.05) is 0 Å². The zero-order valence-electron chi connectivity index (χ0n) is 12.8. The summed E-state index contributed by atoms with van der Waals surface area (Å²) < 4.78 is 12.1. The standard InChI is InChI=1S/C15H24BNO2/c1-7-17-13-9-8-12(10-11(13)2)16-18-14(3,4)15(5,6)19-16/h8-10,17H,7H2,1-6H3. The molecule has 0 aromatic heterocycles. The maximum Gasteiger partial charge on any atom is 0.494 e. The van der Waals surface area contributed by atoms with Crippen LogP contribution in [0, 0.1) is 6.92 Å². The van der Waals surface area contributed by atoms with Crippen molar-refractivity contribution in [1.29, 1.82) is 0 Å². The van der Waals surface area contributed by atoms with Crippen LogP contribution in [-0.4, -0.2) is 24.9 Å². The predicted octanol–water partition coefficient (Wildman–Crippen LogP) is 2.73. The smallest absolute Gasteiger partial charge is 0.399 e. The van der Waals surface area contributed by atoms with Gasteiger partial charge in [0.2, 0.25) is 0 Å². The Kier molecular flexibility index (Phi) is 3.67. The summed E-state index contributed by atoms with van der Waals surface area (Å²) in [5.41, 5.74) is 2.90. The van der Waals surface area contributed by atoms with Gasteiger partial charge in [-0.3, -0.25) is 0 Å². The average Bonchev–Trinajstić information content (AvgIpc) is 2.51. The number of anilines is 1. The molecular weight excluding hydrogens is 237 g/mol. The molecule has 1 aromatic carbocycles. The zero-order chi connectivity index (χ0) is 14.3. The summed E-state index contributed by atoms with van der Waals surface area (Å²) in [6.45, 7) is 13.4. The number of hydrogen-bond acceptors (Lipinski definition) is 3. The van der Waals surface area contributed by atoms with Gasteiger partial charge in [-0.2, -0.15) is 0 Å². The highest BCUT2D eigenvalue weighted by molar-refractivity contribution is 6.62. The molecule has 0 atom stereocenters. The van der Waals surface area contributed by atoms with E-state index in [1.165, 1.54) is 11.3 Å². The fourth-order valence-corrected chi connectivity index (χ4v) is 2.20.